The molecule has 0 fully saturated rings. The van der Waals surface area contributed by atoms with Gasteiger partial charge in [-0.05, 0) is 52.9 Å². The van der Waals surface area contributed by atoms with E-state index in [0.717, 1.165) is 5.56 Å². The Kier molecular flexibility index (Phi) is 5.85. The second-order valence-corrected chi connectivity index (χ2v) is 7.73. The number of aromatic nitrogens is 2. The fraction of sp³-hybridized carbons (Fsp3) is 0.160. The van der Waals surface area contributed by atoms with Crippen LogP contribution in [0.3, 0.4) is 0 Å². The summed E-state index contributed by atoms with van der Waals surface area (Å²) in [6, 6.07) is 17.9. The van der Waals surface area contributed by atoms with E-state index in [2.05, 4.69) is 4.98 Å². The zero-order valence-corrected chi connectivity index (χ0v) is 17.8. The number of H-pyrrole nitrogens is 1. The third kappa shape index (κ3) is 4.03. The summed E-state index contributed by atoms with van der Waals surface area (Å²) in [7, 11) is 3.41. The highest BCUT2D eigenvalue weighted by atomic mass is 16.3. The topological polar surface area (TPSA) is 107 Å². The molecule has 0 saturated carbocycles. The van der Waals surface area contributed by atoms with Crippen LogP contribution < -0.4 is 5.56 Å². The van der Waals surface area contributed by atoms with E-state index in [9.17, 15) is 19.8 Å². The first-order valence-corrected chi connectivity index (χ1v) is 10.1. The third-order valence-electron chi connectivity index (χ3n) is 5.30. The van der Waals surface area contributed by atoms with Crippen LogP contribution in [-0.4, -0.2) is 45.1 Å². The van der Waals surface area contributed by atoms with Gasteiger partial charge in [0.15, 0.2) is 0 Å². The van der Waals surface area contributed by atoms with Crippen molar-refractivity contribution in [1.82, 2.24) is 14.9 Å². The number of hydrogen-bond donors (Lipinski definition) is 3. The van der Waals surface area contributed by atoms with E-state index in [4.69, 9.17) is 4.98 Å². The molecule has 0 aliphatic rings. The molecule has 3 N–H and O–H groups in total. The molecule has 4 rings (SSSR count). The summed E-state index contributed by atoms with van der Waals surface area (Å²) < 4.78 is 0. The average Bonchev–Trinajstić information content (AvgIpc) is 2.82. The highest BCUT2D eigenvalue weighted by Crippen LogP contribution is 2.25. The Balaban J connectivity index is 1.76. The molecule has 0 unspecified atom stereocenters. The number of nitrogens with zero attached hydrogens (tertiary/aromatic N) is 2. The predicted molar refractivity (Wildman–Crippen MR) is 123 cm³/mol. The molecular weight excluding hydrogens is 406 g/mol. The number of fused-ring (bicyclic) bond motifs is 1. The number of carbonyl (C=O) groups is 1. The summed E-state index contributed by atoms with van der Waals surface area (Å²) in [5, 5.41) is 20.2. The molecule has 0 bridgehead atoms. The maximum atomic E-state index is 12.8. The minimum atomic E-state index is -0.329. The summed E-state index contributed by atoms with van der Waals surface area (Å²) >= 11 is 0. The van der Waals surface area contributed by atoms with Crippen LogP contribution in [-0.2, 0) is 13.2 Å². The molecule has 162 valence electrons. The Labute approximate surface area is 184 Å². The standard InChI is InChI=1S/C25H23N3O4/c1-28(2)25(32)17-8-6-16(7-9-17)20-4-3-5-21(26-20)22-12-18-10-15(13-29)11-19(14-30)23(18)24(31)27-22/h3-12,29-30H,13-14H2,1-2H3,(H,27,31). The zero-order chi connectivity index (χ0) is 22.8. The number of rotatable bonds is 5. The maximum absolute atomic E-state index is 12.8. The normalized spacial score (nSPS) is 11.0. The fourth-order valence-corrected chi connectivity index (χ4v) is 3.70. The van der Waals surface area contributed by atoms with Crippen molar-refractivity contribution in [3.05, 3.63) is 87.7 Å². The van der Waals surface area contributed by atoms with Gasteiger partial charge in [-0.25, -0.2) is 4.98 Å². The van der Waals surface area contributed by atoms with Gasteiger partial charge >= 0.3 is 0 Å². The molecule has 1 amide bonds. The minimum absolute atomic E-state index is 0.0727. The SMILES string of the molecule is CN(C)C(=O)c1ccc(-c2cccc(-c3cc4cc(CO)cc(CO)c4c(=O)[nH]3)n2)cc1. The van der Waals surface area contributed by atoms with Crippen LogP contribution in [0.25, 0.3) is 33.4 Å². The fourth-order valence-electron chi connectivity index (χ4n) is 3.70. The van der Waals surface area contributed by atoms with E-state index in [0.29, 0.717) is 44.5 Å². The second-order valence-electron chi connectivity index (χ2n) is 7.73. The molecule has 0 aliphatic heterocycles. The summed E-state index contributed by atoms with van der Waals surface area (Å²) in [4.78, 5) is 33.9. The number of nitrogens with one attached hydrogen (secondary N) is 1. The average molecular weight is 429 g/mol. The quantitative estimate of drug-likeness (QED) is 0.452. The van der Waals surface area contributed by atoms with Gasteiger partial charge in [0.2, 0.25) is 0 Å². The van der Waals surface area contributed by atoms with Gasteiger partial charge in [-0.15, -0.1) is 0 Å². The molecule has 0 atom stereocenters. The molecule has 7 nitrogen and oxygen atoms in total. The molecule has 7 heteroatoms. The Morgan fingerprint density at radius 3 is 2.34 bits per heavy atom. The molecule has 4 aromatic rings. The predicted octanol–water partition coefficient (Wildman–Crippen LogP) is 2.94. The number of amides is 1. The van der Waals surface area contributed by atoms with E-state index >= 15 is 0 Å². The van der Waals surface area contributed by atoms with Crippen molar-refractivity contribution >= 4 is 16.7 Å². The highest BCUT2D eigenvalue weighted by Gasteiger charge is 2.12. The van der Waals surface area contributed by atoms with Crippen molar-refractivity contribution < 1.29 is 15.0 Å². The van der Waals surface area contributed by atoms with Crippen LogP contribution in [0.2, 0.25) is 0 Å². The van der Waals surface area contributed by atoms with Crippen molar-refractivity contribution in [2.24, 2.45) is 0 Å². The molecule has 2 heterocycles. The van der Waals surface area contributed by atoms with Crippen LogP contribution >= 0.6 is 0 Å². The number of aromatic amines is 1. The number of aliphatic hydroxyl groups is 2. The first kappa shape index (κ1) is 21.4. The van der Waals surface area contributed by atoms with Gasteiger partial charge in [-0.1, -0.05) is 24.3 Å². The Hall–Kier alpha value is -3.81. The Morgan fingerprint density at radius 2 is 1.69 bits per heavy atom. The maximum Gasteiger partial charge on any atom is 0.256 e. The molecule has 32 heavy (non-hydrogen) atoms. The lowest BCUT2D eigenvalue weighted by atomic mass is 10.0. The molecule has 0 spiro atoms. The van der Waals surface area contributed by atoms with Crippen molar-refractivity contribution in [2.45, 2.75) is 13.2 Å². The van der Waals surface area contributed by atoms with Crippen molar-refractivity contribution in [2.75, 3.05) is 14.1 Å². The number of pyridine rings is 2. The molecule has 0 radical (unpaired) electrons. The summed E-state index contributed by atoms with van der Waals surface area (Å²) in [6.45, 7) is -0.488. The van der Waals surface area contributed by atoms with Crippen molar-refractivity contribution in [1.29, 1.82) is 0 Å². The number of benzene rings is 2. The largest absolute Gasteiger partial charge is 0.392 e. The first-order valence-electron chi connectivity index (χ1n) is 10.1. The van der Waals surface area contributed by atoms with E-state index < -0.39 is 0 Å². The molecule has 2 aromatic carbocycles. The first-order chi connectivity index (χ1) is 15.4. The van der Waals surface area contributed by atoms with Crippen molar-refractivity contribution in [3.63, 3.8) is 0 Å². The smallest absolute Gasteiger partial charge is 0.256 e. The molecule has 0 aliphatic carbocycles. The van der Waals surface area contributed by atoms with Crippen LogP contribution in [0.15, 0.2) is 65.5 Å². The Morgan fingerprint density at radius 1 is 0.969 bits per heavy atom. The van der Waals surface area contributed by atoms with Crippen molar-refractivity contribution in [3.8, 4) is 22.6 Å². The van der Waals surface area contributed by atoms with Gasteiger partial charge in [-0.3, -0.25) is 9.59 Å². The van der Waals surface area contributed by atoms with Crippen LogP contribution in [0.5, 0.6) is 0 Å². The number of aliphatic hydroxyl groups excluding tert-OH is 2. The van der Waals surface area contributed by atoms with Crippen LogP contribution in [0.4, 0.5) is 0 Å². The highest BCUT2D eigenvalue weighted by molar-refractivity contribution is 5.94. The zero-order valence-electron chi connectivity index (χ0n) is 17.8. The van der Waals surface area contributed by atoms with E-state index in [1.165, 1.54) is 4.90 Å². The number of carbonyl (C=O) groups excluding carboxylic acids is 1. The van der Waals surface area contributed by atoms with Gasteiger partial charge in [0, 0.05) is 25.2 Å². The van der Waals surface area contributed by atoms with E-state index in [1.807, 2.05) is 24.3 Å². The lowest BCUT2D eigenvalue weighted by Gasteiger charge is -2.11. The molecule has 0 saturated heterocycles. The monoisotopic (exact) mass is 429 g/mol. The summed E-state index contributed by atoms with van der Waals surface area (Å²) in [5.41, 5.74) is 4.00. The van der Waals surface area contributed by atoms with Gasteiger partial charge in [0.25, 0.3) is 11.5 Å². The van der Waals surface area contributed by atoms with E-state index in [-0.39, 0.29) is 24.7 Å². The minimum Gasteiger partial charge on any atom is -0.392 e. The summed E-state index contributed by atoms with van der Waals surface area (Å²) in [6.07, 6.45) is 0. The Bertz CT molecular complexity index is 1360. The van der Waals surface area contributed by atoms with Gasteiger partial charge in [0.05, 0.1) is 35.7 Å². The van der Waals surface area contributed by atoms with Gasteiger partial charge < -0.3 is 20.1 Å². The number of hydrogen-bond acceptors (Lipinski definition) is 5. The van der Waals surface area contributed by atoms with E-state index in [1.54, 1.807) is 50.5 Å². The van der Waals surface area contributed by atoms with Crippen LogP contribution in [0, 0.1) is 0 Å². The second kappa shape index (κ2) is 8.74. The molecule has 2 aromatic heterocycles. The van der Waals surface area contributed by atoms with Gasteiger partial charge in [0.1, 0.15) is 0 Å². The lowest BCUT2D eigenvalue weighted by Crippen LogP contribution is -2.21. The summed E-state index contributed by atoms with van der Waals surface area (Å²) in [5.74, 6) is -0.0727. The molecular formula is C25H23N3O4. The lowest BCUT2D eigenvalue weighted by molar-refractivity contribution is 0.0827. The van der Waals surface area contributed by atoms with Crippen LogP contribution in [0.1, 0.15) is 21.5 Å². The van der Waals surface area contributed by atoms with Gasteiger partial charge in [-0.2, -0.15) is 0 Å². The third-order valence-corrected chi connectivity index (χ3v) is 5.30.